The van der Waals surface area contributed by atoms with E-state index in [1.54, 1.807) is 12.1 Å². The maximum Gasteiger partial charge on any atom is 0.128 e. The second kappa shape index (κ2) is 4.89. The highest BCUT2D eigenvalue weighted by atomic mass is 16.5. The number of rotatable bonds is 3. The third kappa shape index (κ3) is 2.95. The molecule has 0 aromatic heterocycles. The van der Waals surface area contributed by atoms with Gasteiger partial charge in [0.05, 0.1) is 0 Å². The van der Waals surface area contributed by atoms with E-state index in [9.17, 15) is 5.11 Å². The maximum atomic E-state index is 9.42. The minimum atomic E-state index is -0.254. The summed E-state index contributed by atoms with van der Waals surface area (Å²) < 4.78 is 6.03. The third-order valence-electron chi connectivity index (χ3n) is 3.15. The maximum absolute atomic E-state index is 9.42. The summed E-state index contributed by atoms with van der Waals surface area (Å²) in [5, 5.41) is 9.42. The first-order valence-electron chi connectivity index (χ1n) is 6.33. The van der Waals surface area contributed by atoms with E-state index in [-0.39, 0.29) is 11.4 Å². The Morgan fingerprint density at radius 1 is 1.39 bits per heavy atom. The van der Waals surface area contributed by atoms with Gasteiger partial charge < -0.3 is 9.84 Å². The Morgan fingerprint density at radius 3 is 2.89 bits per heavy atom. The van der Waals surface area contributed by atoms with Gasteiger partial charge in [0.25, 0.3) is 0 Å². The van der Waals surface area contributed by atoms with E-state index in [0.29, 0.717) is 0 Å². The van der Waals surface area contributed by atoms with E-state index in [1.807, 2.05) is 12.1 Å². The van der Waals surface area contributed by atoms with Crippen LogP contribution in [0.15, 0.2) is 35.9 Å². The molecule has 0 radical (unpaired) electrons. The largest absolute Gasteiger partial charge is 0.508 e. The van der Waals surface area contributed by atoms with Crippen molar-refractivity contribution in [2.45, 2.75) is 39.2 Å². The van der Waals surface area contributed by atoms with Gasteiger partial charge in [0.15, 0.2) is 0 Å². The summed E-state index contributed by atoms with van der Waals surface area (Å²) in [5.41, 5.74) is 2.02. The fourth-order valence-corrected chi connectivity index (χ4v) is 2.09. The van der Waals surface area contributed by atoms with E-state index < -0.39 is 0 Å². The normalized spacial score (nSPS) is 21.1. The van der Waals surface area contributed by atoms with Crippen molar-refractivity contribution in [3.05, 3.63) is 41.5 Å². The Balaban J connectivity index is 2.11. The first-order chi connectivity index (χ1) is 8.48. The van der Waals surface area contributed by atoms with Crippen LogP contribution < -0.4 is 4.74 Å². The van der Waals surface area contributed by atoms with Gasteiger partial charge in [-0.3, -0.25) is 0 Å². The van der Waals surface area contributed by atoms with Crippen LogP contribution in [0.3, 0.4) is 0 Å². The Morgan fingerprint density at radius 2 is 2.17 bits per heavy atom. The average molecular weight is 244 g/mol. The van der Waals surface area contributed by atoms with E-state index in [2.05, 4.69) is 32.9 Å². The van der Waals surface area contributed by atoms with Gasteiger partial charge in [-0.2, -0.15) is 0 Å². The van der Waals surface area contributed by atoms with Gasteiger partial charge >= 0.3 is 0 Å². The zero-order valence-corrected chi connectivity index (χ0v) is 11.2. The van der Waals surface area contributed by atoms with Crippen molar-refractivity contribution >= 4 is 6.08 Å². The Kier molecular flexibility index (Phi) is 3.46. The Hall–Kier alpha value is -1.70. The van der Waals surface area contributed by atoms with Crippen molar-refractivity contribution in [3.63, 3.8) is 0 Å². The average Bonchev–Trinajstić information content (AvgIpc) is 2.29. The highest BCUT2D eigenvalue weighted by molar-refractivity contribution is 5.62. The second-order valence-corrected chi connectivity index (χ2v) is 5.29. The fraction of sp³-hybridized carbons (Fsp3) is 0.375. The standard InChI is InChI=1S/C16H20O2/c1-12(2)5-4-9-16(3)10-8-13-11-14(17)6-7-15(13)18-16/h5-8,10-11,17H,4,9H2,1-3H3. The smallest absolute Gasteiger partial charge is 0.128 e. The molecular weight excluding hydrogens is 224 g/mol. The van der Waals surface area contributed by atoms with Crippen molar-refractivity contribution in [1.29, 1.82) is 0 Å². The summed E-state index contributed by atoms with van der Waals surface area (Å²) in [6.07, 6.45) is 8.30. The zero-order valence-electron chi connectivity index (χ0n) is 11.2. The van der Waals surface area contributed by atoms with Crippen LogP contribution >= 0.6 is 0 Å². The SMILES string of the molecule is CC(C)=CCCC1(C)C=Cc2cc(O)ccc2O1. The molecule has 0 saturated heterocycles. The van der Waals surface area contributed by atoms with E-state index in [0.717, 1.165) is 24.2 Å². The molecule has 0 bridgehead atoms. The molecule has 1 aromatic rings. The number of hydrogen-bond acceptors (Lipinski definition) is 2. The van der Waals surface area contributed by atoms with Gasteiger partial charge in [0.1, 0.15) is 17.1 Å². The number of allylic oxidation sites excluding steroid dienone is 2. The highest BCUT2D eigenvalue weighted by Gasteiger charge is 2.26. The van der Waals surface area contributed by atoms with Crippen LogP contribution in [0.25, 0.3) is 6.08 Å². The number of benzene rings is 1. The molecule has 0 aliphatic carbocycles. The predicted molar refractivity (Wildman–Crippen MR) is 74.8 cm³/mol. The van der Waals surface area contributed by atoms with E-state index in [4.69, 9.17) is 4.74 Å². The summed E-state index contributed by atoms with van der Waals surface area (Å²) in [6, 6.07) is 5.21. The number of hydrogen-bond donors (Lipinski definition) is 1. The van der Waals surface area contributed by atoms with Crippen molar-refractivity contribution < 1.29 is 9.84 Å². The quantitative estimate of drug-likeness (QED) is 0.803. The molecule has 1 unspecified atom stereocenters. The molecule has 0 amide bonds. The molecule has 0 spiro atoms. The number of fused-ring (bicyclic) bond motifs is 1. The summed E-state index contributed by atoms with van der Waals surface area (Å²) in [4.78, 5) is 0. The molecule has 2 nitrogen and oxygen atoms in total. The van der Waals surface area contributed by atoms with Crippen LogP contribution in [0, 0.1) is 0 Å². The van der Waals surface area contributed by atoms with Crippen molar-refractivity contribution in [2.24, 2.45) is 0 Å². The highest BCUT2D eigenvalue weighted by Crippen LogP contribution is 2.35. The molecule has 0 fully saturated rings. The van der Waals surface area contributed by atoms with Crippen molar-refractivity contribution in [1.82, 2.24) is 0 Å². The lowest BCUT2D eigenvalue weighted by Crippen LogP contribution is -2.31. The molecule has 0 saturated carbocycles. The summed E-state index contributed by atoms with van der Waals surface area (Å²) in [7, 11) is 0. The molecule has 1 aliphatic heterocycles. The minimum Gasteiger partial charge on any atom is -0.508 e. The first kappa shape index (κ1) is 12.7. The molecular formula is C16H20O2. The summed E-state index contributed by atoms with van der Waals surface area (Å²) in [6.45, 7) is 6.31. The van der Waals surface area contributed by atoms with E-state index in [1.165, 1.54) is 5.57 Å². The Bertz CT molecular complexity index is 496. The predicted octanol–water partition coefficient (Wildman–Crippen LogP) is 4.30. The first-order valence-corrected chi connectivity index (χ1v) is 6.33. The lowest BCUT2D eigenvalue weighted by Gasteiger charge is -2.31. The molecule has 2 rings (SSSR count). The molecule has 18 heavy (non-hydrogen) atoms. The lowest BCUT2D eigenvalue weighted by molar-refractivity contribution is 0.128. The van der Waals surface area contributed by atoms with Crippen LogP contribution in [0.2, 0.25) is 0 Å². The molecule has 1 aliphatic rings. The topological polar surface area (TPSA) is 29.5 Å². The number of phenols is 1. The Labute approximate surface area is 109 Å². The molecule has 1 atom stereocenters. The lowest BCUT2D eigenvalue weighted by atomic mass is 9.94. The van der Waals surface area contributed by atoms with Gasteiger partial charge in [-0.15, -0.1) is 0 Å². The van der Waals surface area contributed by atoms with Crippen LogP contribution in [-0.4, -0.2) is 10.7 Å². The summed E-state index contributed by atoms with van der Waals surface area (Å²) >= 11 is 0. The summed E-state index contributed by atoms with van der Waals surface area (Å²) in [5.74, 6) is 1.12. The minimum absolute atomic E-state index is 0.254. The molecule has 1 N–H and O–H groups in total. The van der Waals surface area contributed by atoms with Crippen molar-refractivity contribution in [3.8, 4) is 11.5 Å². The van der Waals surface area contributed by atoms with Crippen LogP contribution in [-0.2, 0) is 0 Å². The number of ether oxygens (including phenoxy) is 1. The van der Waals surface area contributed by atoms with Gasteiger partial charge in [-0.1, -0.05) is 17.7 Å². The van der Waals surface area contributed by atoms with Gasteiger partial charge in [0, 0.05) is 5.56 Å². The van der Waals surface area contributed by atoms with Gasteiger partial charge in [0.2, 0.25) is 0 Å². The second-order valence-electron chi connectivity index (χ2n) is 5.29. The number of aromatic hydroxyl groups is 1. The molecule has 1 aromatic carbocycles. The third-order valence-corrected chi connectivity index (χ3v) is 3.15. The van der Waals surface area contributed by atoms with E-state index >= 15 is 0 Å². The monoisotopic (exact) mass is 244 g/mol. The zero-order chi connectivity index (χ0) is 13.2. The molecule has 1 heterocycles. The van der Waals surface area contributed by atoms with Crippen LogP contribution in [0.1, 0.15) is 39.2 Å². The van der Waals surface area contributed by atoms with Crippen LogP contribution in [0.5, 0.6) is 11.5 Å². The fourth-order valence-electron chi connectivity index (χ4n) is 2.09. The van der Waals surface area contributed by atoms with Gasteiger partial charge in [-0.25, -0.2) is 0 Å². The van der Waals surface area contributed by atoms with Crippen LogP contribution in [0.4, 0.5) is 0 Å². The van der Waals surface area contributed by atoms with Gasteiger partial charge in [-0.05, 0) is 57.9 Å². The number of phenolic OH excluding ortho intramolecular Hbond substituents is 1. The molecule has 2 heteroatoms. The molecule has 96 valence electrons. The van der Waals surface area contributed by atoms with Crippen molar-refractivity contribution in [2.75, 3.05) is 0 Å².